The number of piperidine rings is 1. The highest BCUT2D eigenvalue weighted by Crippen LogP contribution is 2.34. The van der Waals surface area contributed by atoms with Crippen molar-refractivity contribution in [2.24, 2.45) is 5.92 Å². The van der Waals surface area contributed by atoms with E-state index in [0.717, 1.165) is 67.5 Å². The maximum absolute atomic E-state index is 13.2. The van der Waals surface area contributed by atoms with Crippen molar-refractivity contribution in [3.8, 4) is 11.5 Å². The molecule has 0 N–H and O–H groups in total. The molecule has 1 aromatic carbocycles. The molecule has 0 unspecified atom stereocenters. The van der Waals surface area contributed by atoms with Crippen molar-refractivity contribution in [2.45, 2.75) is 39.7 Å². The lowest BCUT2D eigenvalue weighted by atomic mass is 9.93. The topological polar surface area (TPSA) is 67.8 Å². The van der Waals surface area contributed by atoms with Crippen molar-refractivity contribution < 1.29 is 14.3 Å². The molecule has 2 aliphatic heterocycles. The first-order valence-corrected chi connectivity index (χ1v) is 10.6. The number of rotatable bonds is 4. The van der Waals surface area contributed by atoms with Crippen LogP contribution in [0.2, 0.25) is 0 Å². The Morgan fingerprint density at radius 3 is 2.13 bits per heavy atom. The minimum atomic E-state index is 0.0638. The highest BCUT2D eigenvalue weighted by atomic mass is 16.5. The Balaban J connectivity index is 1.40. The number of methoxy groups -OCH3 is 2. The maximum Gasteiger partial charge on any atom is 0.226 e. The molecule has 1 saturated heterocycles. The first-order chi connectivity index (χ1) is 14.5. The predicted molar refractivity (Wildman–Crippen MR) is 115 cm³/mol. The fourth-order valence-electron chi connectivity index (χ4n) is 4.50. The van der Waals surface area contributed by atoms with Crippen molar-refractivity contribution in [3.63, 3.8) is 0 Å². The molecule has 7 nitrogen and oxygen atoms in total. The zero-order chi connectivity index (χ0) is 21.3. The summed E-state index contributed by atoms with van der Waals surface area (Å²) in [6.45, 7) is 7.00. The van der Waals surface area contributed by atoms with Gasteiger partial charge in [0.25, 0.3) is 0 Å². The van der Waals surface area contributed by atoms with Crippen molar-refractivity contribution in [1.29, 1.82) is 0 Å². The molecule has 1 aromatic heterocycles. The molecule has 1 fully saturated rings. The average Bonchev–Trinajstić information content (AvgIpc) is 2.76. The molecule has 2 aliphatic rings. The lowest BCUT2D eigenvalue weighted by molar-refractivity contribution is -0.137. The SMILES string of the molecule is COc1cc2c(cc1OC)CN(C(=O)C1CCN(c3nc(C)cc(C)n3)CC1)CC2. The zero-order valence-electron chi connectivity index (χ0n) is 18.3. The van der Waals surface area contributed by atoms with Crippen LogP contribution >= 0.6 is 0 Å². The molecule has 0 saturated carbocycles. The summed E-state index contributed by atoms with van der Waals surface area (Å²) >= 11 is 0. The number of nitrogens with zero attached hydrogens (tertiary/aromatic N) is 4. The van der Waals surface area contributed by atoms with Crippen LogP contribution in [0.15, 0.2) is 18.2 Å². The summed E-state index contributed by atoms with van der Waals surface area (Å²) in [6.07, 6.45) is 2.52. The lowest BCUT2D eigenvalue weighted by Gasteiger charge is -2.36. The first kappa shape index (κ1) is 20.4. The fourth-order valence-corrected chi connectivity index (χ4v) is 4.50. The molecule has 0 radical (unpaired) electrons. The molecular formula is C23H30N4O3. The van der Waals surface area contributed by atoms with E-state index in [1.807, 2.05) is 36.9 Å². The molecule has 7 heteroatoms. The molecule has 3 heterocycles. The Kier molecular flexibility index (Phi) is 5.79. The van der Waals surface area contributed by atoms with Crippen LogP contribution in [0, 0.1) is 19.8 Å². The second kappa shape index (κ2) is 8.50. The van der Waals surface area contributed by atoms with Crippen LogP contribution in [0.5, 0.6) is 11.5 Å². The molecule has 0 aliphatic carbocycles. The van der Waals surface area contributed by atoms with E-state index in [1.165, 1.54) is 5.56 Å². The van der Waals surface area contributed by atoms with Crippen molar-refractivity contribution in [1.82, 2.24) is 14.9 Å². The van der Waals surface area contributed by atoms with Gasteiger partial charge in [-0.2, -0.15) is 0 Å². The van der Waals surface area contributed by atoms with Gasteiger partial charge in [-0.3, -0.25) is 4.79 Å². The molecule has 0 spiro atoms. The highest BCUT2D eigenvalue weighted by molar-refractivity contribution is 5.79. The third kappa shape index (κ3) is 4.06. The summed E-state index contributed by atoms with van der Waals surface area (Å²) in [4.78, 5) is 26.6. The largest absolute Gasteiger partial charge is 0.493 e. The third-order valence-electron chi connectivity index (χ3n) is 6.13. The molecule has 0 atom stereocenters. The van der Waals surface area contributed by atoms with Gasteiger partial charge in [-0.1, -0.05) is 0 Å². The van der Waals surface area contributed by atoms with Crippen molar-refractivity contribution in [3.05, 3.63) is 40.7 Å². The summed E-state index contributed by atoms with van der Waals surface area (Å²) in [5.41, 5.74) is 4.34. The van der Waals surface area contributed by atoms with Crippen molar-refractivity contribution >= 4 is 11.9 Å². The van der Waals surface area contributed by atoms with Crippen LogP contribution in [0.1, 0.15) is 35.4 Å². The zero-order valence-corrected chi connectivity index (χ0v) is 18.3. The van der Waals surface area contributed by atoms with Gasteiger partial charge in [0.2, 0.25) is 11.9 Å². The first-order valence-electron chi connectivity index (χ1n) is 10.6. The van der Waals surface area contributed by atoms with Gasteiger partial charge in [0, 0.05) is 43.5 Å². The minimum absolute atomic E-state index is 0.0638. The number of hydrogen-bond donors (Lipinski definition) is 0. The second-order valence-corrected chi connectivity index (χ2v) is 8.20. The van der Waals surface area contributed by atoms with E-state index < -0.39 is 0 Å². The van der Waals surface area contributed by atoms with Gasteiger partial charge >= 0.3 is 0 Å². The van der Waals surface area contributed by atoms with E-state index in [9.17, 15) is 4.79 Å². The number of carbonyl (C=O) groups is 1. The summed E-state index contributed by atoms with van der Waals surface area (Å²) in [7, 11) is 3.29. The smallest absolute Gasteiger partial charge is 0.226 e. The lowest BCUT2D eigenvalue weighted by Crippen LogP contribution is -2.44. The van der Waals surface area contributed by atoms with E-state index in [4.69, 9.17) is 9.47 Å². The third-order valence-corrected chi connectivity index (χ3v) is 6.13. The summed E-state index contributed by atoms with van der Waals surface area (Å²) in [6, 6.07) is 6.03. The molecule has 4 rings (SSSR count). The molecular weight excluding hydrogens is 380 g/mol. The van der Waals surface area contributed by atoms with Crippen LogP contribution < -0.4 is 14.4 Å². The van der Waals surface area contributed by atoms with Gasteiger partial charge in [0.05, 0.1) is 14.2 Å². The van der Waals surface area contributed by atoms with Gasteiger partial charge in [-0.25, -0.2) is 9.97 Å². The van der Waals surface area contributed by atoms with E-state index in [2.05, 4.69) is 14.9 Å². The fraction of sp³-hybridized carbons (Fsp3) is 0.522. The summed E-state index contributed by atoms with van der Waals surface area (Å²) in [5, 5.41) is 0. The Labute approximate surface area is 178 Å². The molecule has 160 valence electrons. The molecule has 30 heavy (non-hydrogen) atoms. The van der Waals surface area contributed by atoms with Crippen LogP contribution in [-0.2, 0) is 17.8 Å². The van der Waals surface area contributed by atoms with Gasteiger partial charge in [0.15, 0.2) is 11.5 Å². The number of aryl methyl sites for hydroxylation is 2. The summed E-state index contributed by atoms with van der Waals surface area (Å²) < 4.78 is 10.9. The Morgan fingerprint density at radius 2 is 1.53 bits per heavy atom. The number of amides is 1. The van der Waals surface area contributed by atoms with Gasteiger partial charge in [-0.15, -0.1) is 0 Å². The van der Waals surface area contributed by atoms with Crippen LogP contribution in [0.25, 0.3) is 0 Å². The quantitative estimate of drug-likeness (QED) is 0.772. The number of carbonyl (C=O) groups excluding carboxylic acids is 1. The molecule has 2 aromatic rings. The van der Waals surface area contributed by atoms with Crippen molar-refractivity contribution in [2.75, 3.05) is 38.8 Å². The number of aromatic nitrogens is 2. The second-order valence-electron chi connectivity index (χ2n) is 8.20. The van der Waals surface area contributed by atoms with Crippen LogP contribution in [0.4, 0.5) is 5.95 Å². The molecule has 1 amide bonds. The highest BCUT2D eigenvalue weighted by Gasteiger charge is 2.31. The maximum atomic E-state index is 13.2. The predicted octanol–water partition coefficient (Wildman–Crippen LogP) is 2.91. The molecule has 0 bridgehead atoms. The normalized spacial score (nSPS) is 16.9. The van der Waals surface area contributed by atoms with Gasteiger partial charge in [0.1, 0.15) is 0 Å². The number of ether oxygens (including phenoxy) is 2. The van der Waals surface area contributed by atoms with E-state index in [-0.39, 0.29) is 11.8 Å². The van der Waals surface area contributed by atoms with E-state index >= 15 is 0 Å². The summed E-state index contributed by atoms with van der Waals surface area (Å²) in [5.74, 6) is 2.57. The minimum Gasteiger partial charge on any atom is -0.493 e. The van der Waals surface area contributed by atoms with Crippen LogP contribution in [-0.4, -0.2) is 54.6 Å². The number of anilines is 1. The Bertz CT molecular complexity index is 918. The Morgan fingerprint density at radius 1 is 0.933 bits per heavy atom. The Hall–Kier alpha value is -2.83. The monoisotopic (exact) mass is 410 g/mol. The van der Waals surface area contributed by atoms with E-state index in [0.29, 0.717) is 12.3 Å². The van der Waals surface area contributed by atoms with Gasteiger partial charge in [-0.05, 0) is 62.4 Å². The standard InChI is InChI=1S/C23H30N4O3/c1-15-11-16(2)25-23(24-15)26-8-5-17(6-9-26)22(28)27-10-7-18-12-20(29-3)21(30-4)13-19(18)14-27/h11-13,17H,5-10,14H2,1-4H3. The number of fused-ring (bicyclic) bond motifs is 1. The average molecular weight is 411 g/mol. The number of benzene rings is 1. The van der Waals surface area contributed by atoms with Crippen LogP contribution in [0.3, 0.4) is 0 Å². The van der Waals surface area contributed by atoms with Gasteiger partial charge < -0.3 is 19.3 Å². The number of hydrogen-bond acceptors (Lipinski definition) is 6. The van der Waals surface area contributed by atoms with E-state index in [1.54, 1.807) is 14.2 Å².